The first-order valence-electron chi connectivity index (χ1n) is 7.87. The summed E-state index contributed by atoms with van der Waals surface area (Å²) >= 11 is 0. The maximum atomic E-state index is 9.32. The zero-order chi connectivity index (χ0) is 14.0. The summed E-state index contributed by atoms with van der Waals surface area (Å²) in [5, 5.41) is 13.0. The molecule has 3 rings (SSSR count). The van der Waals surface area contributed by atoms with Crippen LogP contribution in [0.15, 0.2) is 24.3 Å². The van der Waals surface area contributed by atoms with E-state index >= 15 is 0 Å². The van der Waals surface area contributed by atoms with Gasteiger partial charge in [0, 0.05) is 24.6 Å². The average Bonchev–Trinajstić information content (AvgIpc) is 2.96. The van der Waals surface area contributed by atoms with Crippen molar-refractivity contribution in [2.24, 2.45) is 5.41 Å². The molecule has 110 valence electrons. The first-order chi connectivity index (χ1) is 9.74. The number of rotatable bonds is 5. The van der Waals surface area contributed by atoms with Gasteiger partial charge in [0.25, 0.3) is 0 Å². The standard InChI is InChI=1S/C17H25NO2/c1-2-20-16-11-15(17(16)9-3-4-10-17)18-12-13-5-7-14(19)8-6-13/h5-8,15-16,18-19H,2-4,9-12H2,1H3. The van der Waals surface area contributed by atoms with Crippen molar-refractivity contribution >= 4 is 0 Å². The number of nitrogens with one attached hydrogen (secondary N) is 1. The molecule has 2 unspecified atom stereocenters. The van der Waals surface area contributed by atoms with Crippen LogP contribution in [0.5, 0.6) is 5.75 Å². The minimum absolute atomic E-state index is 0.334. The molecular weight excluding hydrogens is 250 g/mol. The van der Waals surface area contributed by atoms with E-state index in [1.165, 1.54) is 31.2 Å². The Morgan fingerprint density at radius 2 is 1.95 bits per heavy atom. The molecule has 2 N–H and O–H groups in total. The van der Waals surface area contributed by atoms with Crippen LogP contribution < -0.4 is 5.32 Å². The van der Waals surface area contributed by atoms with E-state index in [1.54, 1.807) is 12.1 Å². The molecule has 2 aliphatic rings. The van der Waals surface area contributed by atoms with Gasteiger partial charge in [-0.25, -0.2) is 0 Å². The van der Waals surface area contributed by atoms with E-state index in [1.807, 2.05) is 12.1 Å². The van der Waals surface area contributed by atoms with Gasteiger partial charge in [-0.2, -0.15) is 0 Å². The Balaban J connectivity index is 1.59. The normalized spacial score (nSPS) is 27.6. The van der Waals surface area contributed by atoms with Crippen molar-refractivity contribution in [3.8, 4) is 5.75 Å². The van der Waals surface area contributed by atoms with Gasteiger partial charge in [-0.3, -0.25) is 0 Å². The Bertz CT molecular complexity index is 437. The summed E-state index contributed by atoms with van der Waals surface area (Å²) in [4.78, 5) is 0. The molecule has 0 aromatic heterocycles. The van der Waals surface area contributed by atoms with Gasteiger partial charge in [-0.05, 0) is 43.9 Å². The Kier molecular flexibility index (Phi) is 3.99. The fourth-order valence-corrected chi connectivity index (χ4v) is 4.03. The molecule has 2 aliphatic carbocycles. The highest BCUT2D eigenvalue weighted by Crippen LogP contribution is 2.54. The predicted molar refractivity (Wildman–Crippen MR) is 79.7 cm³/mol. The molecule has 1 aromatic rings. The van der Waals surface area contributed by atoms with Crippen LogP contribution in [-0.4, -0.2) is 23.9 Å². The molecule has 2 atom stereocenters. The second-order valence-corrected chi connectivity index (χ2v) is 6.22. The molecule has 0 aliphatic heterocycles. The predicted octanol–water partition coefficient (Wildman–Crippen LogP) is 3.22. The summed E-state index contributed by atoms with van der Waals surface area (Å²) in [6, 6.07) is 8.08. The summed E-state index contributed by atoms with van der Waals surface area (Å²) in [5.41, 5.74) is 1.63. The minimum Gasteiger partial charge on any atom is -0.508 e. The monoisotopic (exact) mass is 275 g/mol. The number of benzene rings is 1. The van der Waals surface area contributed by atoms with Crippen molar-refractivity contribution < 1.29 is 9.84 Å². The first-order valence-corrected chi connectivity index (χ1v) is 7.87. The van der Waals surface area contributed by atoms with Crippen molar-refractivity contribution in [1.82, 2.24) is 5.32 Å². The Hall–Kier alpha value is -1.06. The molecule has 1 spiro atoms. The third-order valence-corrected chi connectivity index (χ3v) is 5.18. The van der Waals surface area contributed by atoms with Crippen molar-refractivity contribution in [1.29, 1.82) is 0 Å². The average molecular weight is 275 g/mol. The Morgan fingerprint density at radius 1 is 1.25 bits per heavy atom. The van der Waals surface area contributed by atoms with Gasteiger partial charge >= 0.3 is 0 Å². The highest BCUT2D eigenvalue weighted by Gasteiger charge is 2.56. The third kappa shape index (κ3) is 2.45. The molecule has 3 heteroatoms. The lowest BCUT2D eigenvalue weighted by atomic mass is 9.60. The van der Waals surface area contributed by atoms with Crippen LogP contribution in [0, 0.1) is 5.41 Å². The first kappa shape index (κ1) is 13.9. The second kappa shape index (κ2) is 5.74. The van der Waals surface area contributed by atoms with Gasteiger partial charge in [0.05, 0.1) is 6.10 Å². The number of hydrogen-bond donors (Lipinski definition) is 2. The lowest BCUT2D eigenvalue weighted by Gasteiger charge is -2.54. The third-order valence-electron chi connectivity index (χ3n) is 5.18. The quantitative estimate of drug-likeness (QED) is 0.867. The molecule has 20 heavy (non-hydrogen) atoms. The topological polar surface area (TPSA) is 41.5 Å². The van der Waals surface area contributed by atoms with Gasteiger partial charge in [0.1, 0.15) is 5.75 Å². The fraction of sp³-hybridized carbons (Fsp3) is 0.647. The number of hydrogen-bond acceptors (Lipinski definition) is 3. The number of phenols is 1. The maximum Gasteiger partial charge on any atom is 0.115 e. The van der Waals surface area contributed by atoms with Crippen molar-refractivity contribution in [3.05, 3.63) is 29.8 Å². The van der Waals surface area contributed by atoms with Crippen LogP contribution in [0.1, 0.15) is 44.6 Å². The minimum atomic E-state index is 0.334. The number of ether oxygens (including phenoxy) is 1. The van der Waals surface area contributed by atoms with E-state index in [-0.39, 0.29) is 0 Å². The van der Waals surface area contributed by atoms with Crippen LogP contribution in [-0.2, 0) is 11.3 Å². The van der Waals surface area contributed by atoms with Crippen LogP contribution >= 0.6 is 0 Å². The van der Waals surface area contributed by atoms with E-state index in [4.69, 9.17) is 4.74 Å². The van der Waals surface area contributed by atoms with Crippen molar-refractivity contribution in [2.75, 3.05) is 6.61 Å². The fourth-order valence-electron chi connectivity index (χ4n) is 4.03. The van der Waals surface area contributed by atoms with Crippen LogP contribution in [0.25, 0.3) is 0 Å². The summed E-state index contributed by atoms with van der Waals surface area (Å²) in [7, 11) is 0. The smallest absolute Gasteiger partial charge is 0.115 e. The van der Waals surface area contributed by atoms with Crippen molar-refractivity contribution in [3.63, 3.8) is 0 Å². The van der Waals surface area contributed by atoms with Gasteiger partial charge < -0.3 is 15.2 Å². The molecule has 0 amide bonds. The summed E-state index contributed by atoms with van der Waals surface area (Å²) in [6.45, 7) is 3.81. The lowest BCUT2D eigenvalue weighted by molar-refractivity contribution is -0.130. The highest BCUT2D eigenvalue weighted by molar-refractivity contribution is 5.26. The van der Waals surface area contributed by atoms with E-state index < -0.39 is 0 Å². The van der Waals surface area contributed by atoms with Gasteiger partial charge in [0.2, 0.25) is 0 Å². The van der Waals surface area contributed by atoms with E-state index in [9.17, 15) is 5.11 Å². The molecule has 0 bridgehead atoms. The summed E-state index contributed by atoms with van der Waals surface area (Å²) in [5.74, 6) is 0.334. The SMILES string of the molecule is CCOC1CC(NCc2ccc(O)cc2)C12CCCC2. The molecular formula is C17H25NO2. The zero-order valence-corrected chi connectivity index (χ0v) is 12.3. The van der Waals surface area contributed by atoms with Gasteiger partial charge in [-0.1, -0.05) is 25.0 Å². The number of phenolic OH excluding ortho intramolecular Hbond substituents is 1. The van der Waals surface area contributed by atoms with Crippen molar-refractivity contribution in [2.45, 2.75) is 57.7 Å². The van der Waals surface area contributed by atoms with Crippen LogP contribution in [0.3, 0.4) is 0 Å². The van der Waals surface area contributed by atoms with E-state index in [0.717, 1.165) is 19.6 Å². The molecule has 3 nitrogen and oxygen atoms in total. The van der Waals surface area contributed by atoms with E-state index in [0.29, 0.717) is 23.3 Å². The Labute approximate surface area is 121 Å². The second-order valence-electron chi connectivity index (χ2n) is 6.22. The maximum absolute atomic E-state index is 9.32. The molecule has 1 aromatic carbocycles. The molecule has 0 saturated heterocycles. The summed E-state index contributed by atoms with van der Waals surface area (Å²) in [6.07, 6.45) is 6.93. The van der Waals surface area contributed by atoms with Gasteiger partial charge in [0.15, 0.2) is 0 Å². The zero-order valence-electron chi connectivity index (χ0n) is 12.3. The summed E-state index contributed by atoms with van der Waals surface area (Å²) < 4.78 is 5.94. The largest absolute Gasteiger partial charge is 0.508 e. The highest BCUT2D eigenvalue weighted by atomic mass is 16.5. The molecule has 0 radical (unpaired) electrons. The van der Waals surface area contributed by atoms with Crippen LogP contribution in [0.2, 0.25) is 0 Å². The number of aromatic hydroxyl groups is 1. The molecule has 2 saturated carbocycles. The Morgan fingerprint density at radius 3 is 2.60 bits per heavy atom. The van der Waals surface area contributed by atoms with Gasteiger partial charge in [-0.15, -0.1) is 0 Å². The van der Waals surface area contributed by atoms with Crippen LogP contribution in [0.4, 0.5) is 0 Å². The lowest BCUT2D eigenvalue weighted by Crippen LogP contribution is -2.62. The molecule has 0 heterocycles. The molecule has 2 fully saturated rings. The van der Waals surface area contributed by atoms with E-state index in [2.05, 4.69) is 12.2 Å².